The van der Waals surface area contributed by atoms with Crippen LogP contribution in [-0.2, 0) is 17.0 Å². The van der Waals surface area contributed by atoms with Gasteiger partial charge >= 0.3 is 6.61 Å². The third-order valence-electron chi connectivity index (χ3n) is 4.71. The largest absolute Gasteiger partial charge is 0.345 e. The minimum atomic E-state index is -2.96. The molecule has 0 amide bonds. The van der Waals surface area contributed by atoms with Crippen LogP contribution in [0.15, 0.2) is 23.1 Å². The lowest BCUT2D eigenvalue weighted by molar-refractivity contribution is -0.138. The Hall–Kier alpha value is -2.68. The van der Waals surface area contributed by atoms with Crippen LogP contribution >= 0.6 is 0 Å². The predicted molar refractivity (Wildman–Crippen MR) is 91.8 cm³/mol. The lowest BCUT2D eigenvalue weighted by atomic mass is 10.0. The average molecular weight is 378 g/mol. The number of hydrogen-bond donors (Lipinski definition) is 1. The monoisotopic (exact) mass is 378 g/mol. The molecule has 2 heterocycles. The Labute approximate surface area is 152 Å². The third kappa shape index (κ3) is 3.23. The molecule has 1 aliphatic carbocycles. The van der Waals surface area contributed by atoms with Crippen LogP contribution in [0.2, 0.25) is 0 Å². The normalized spacial score (nSPS) is 15.6. The summed E-state index contributed by atoms with van der Waals surface area (Å²) in [6, 6.07) is 3.59. The third-order valence-corrected chi connectivity index (χ3v) is 4.71. The molecule has 27 heavy (non-hydrogen) atoms. The Bertz CT molecular complexity index is 1060. The number of alkyl halides is 3. The first-order valence-electron chi connectivity index (χ1n) is 8.46. The lowest BCUT2D eigenvalue weighted by Gasteiger charge is -2.14. The quantitative estimate of drug-likeness (QED) is 0.738. The van der Waals surface area contributed by atoms with Crippen LogP contribution in [0, 0.1) is 13.8 Å². The van der Waals surface area contributed by atoms with Crippen LogP contribution in [-0.4, -0.2) is 26.4 Å². The van der Waals surface area contributed by atoms with Crippen LogP contribution in [0.25, 0.3) is 16.7 Å². The summed E-state index contributed by atoms with van der Waals surface area (Å²) in [6.45, 7) is 0.214. The van der Waals surface area contributed by atoms with E-state index in [9.17, 15) is 18.0 Å². The zero-order chi connectivity index (χ0) is 19.3. The summed E-state index contributed by atoms with van der Waals surface area (Å²) in [7, 11) is 0. The molecule has 1 fully saturated rings. The summed E-state index contributed by atoms with van der Waals surface area (Å²) >= 11 is 0. The molecule has 9 heteroatoms. The van der Waals surface area contributed by atoms with Crippen molar-refractivity contribution in [1.82, 2.24) is 19.7 Å². The number of halogens is 3. The Balaban J connectivity index is 1.76. The minimum Gasteiger partial charge on any atom is -0.315 e. The first kappa shape index (κ1) is 17.7. The molecule has 0 spiro atoms. The smallest absolute Gasteiger partial charge is 0.315 e. The number of benzene rings is 1. The van der Waals surface area contributed by atoms with E-state index in [-0.39, 0.29) is 16.9 Å². The van der Waals surface area contributed by atoms with E-state index < -0.39 is 24.4 Å². The molecule has 0 aliphatic heterocycles. The molecule has 2 aromatic heterocycles. The number of ether oxygens (including phenoxy) is 1. The van der Waals surface area contributed by atoms with Gasteiger partial charge in [0.1, 0.15) is 23.5 Å². The molecule has 1 aromatic carbocycles. The second-order valence-electron chi connectivity index (χ2n) is 6.82. The number of rotatable bonds is 5. The maximum absolute atomic E-state index is 14.4. The van der Waals surface area contributed by atoms with Crippen LogP contribution in [0.1, 0.15) is 35.4 Å². The van der Waals surface area contributed by atoms with E-state index in [0.29, 0.717) is 18.4 Å². The fourth-order valence-corrected chi connectivity index (χ4v) is 3.26. The Morgan fingerprint density at radius 1 is 1.30 bits per heavy atom. The van der Waals surface area contributed by atoms with Crippen molar-refractivity contribution in [2.75, 3.05) is 0 Å². The number of hydrogen-bond acceptors (Lipinski definition) is 4. The first-order valence-corrected chi connectivity index (χ1v) is 8.46. The van der Waals surface area contributed by atoms with E-state index in [2.05, 4.69) is 19.8 Å². The second kappa shape index (κ2) is 6.19. The maximum Gasteiger partial charge on any atom is 0.345 e. The minimum absolute atomic E-state index is 0.0325. The molecule has 0 saturated heterocycles. The van der Waals surface area contributed by atoms with Gasteiger partial charge in [-0.15, -0.1) is 5.10 Å². The van der Waals surface area contributed by atoms with Gasteiger partial charge < -0.3 is 9.72 Å². The van der Waals surface area contributed by atoms with Gasteiger partial charge in [-0.1, -0.05) is 12.1 Å². The fraction of sp³-hybridized carbons (Fsp3) is 0.389. The highest BCUT2D eigenvalue weighted by Gasteiger charge is 2.45. The highest BCUT2D eigenvalue weighted by molar-refractivity contribution is 5.73. The number of nitrogens with zero attached hydrogens (tertiary/aromatic N) is 3. The van der Waals surface area contributed by atoms with Gasteiger partial charge in [0.2, 0.25) is 0 Å². The molecule has 4 rings (SSSR count). The van der Waals surface area contributed by atoms with E-state index in [1.165, 1.54) is 10.9 Å². The van der Waals surface area contributed by atoms with Crippen LogP contribution in [0.5, 0.6) is 0 Å². The molecule has 1 aliphatic rings. The van der Waals surface area contributed by atoms with Gasteiger partial charge in [-0.05, 0) is 43.4 Å². The Morgan fingerprint density at radius 3 is 2.56 bits per heavy atom. The maximum atomic E-state index is 14.4. The summed E-state index contributed by atoms with van der Waals surface area (Å²) in [5, 5.41) is 4.53. The summed E-state index contributed by atoms with van der Waals surface area (Å²) in [4.78, 5) is 18.7. The van der Waals surface area contributed by atoms with E-state index in [1.807, 2.05) is 13.8 Å². The van der Waals surface area contributed by atoms with Crippen molar-refractivity contribution in [1.29, 1.82) is 0 Å². The first-order chi connectivity index (χ1) is 12.8. The van der Waals surface area contributed by atoms with Gasteiger partial charge in [0.25, 0.3) is 5.56 Å². The zero-order valence-corrected chi connectivity index (χ0v) is 14.7. The van der Waals surface area contributed by atoms with Gasteiger partial charge in [-0.25, -0.2) is 14.1 Å². The molecule has 0 atom stereocenters. The highest BCUT2D eigenvalue weighted by Crippen LogP contribution is 2.50. The van der Waals surface area contributed by atoms with Gasteiger partial charge in [-0.2, -0.15) is 8.78 Å². The van der Waals surface area contributed by atoms with E-state index in [0.717, 1.165) is 16.8 Å². The second-order valence-corrected chi connectivity index (χ2v) is 6.82. The van der Waals surface area contributed by atoms with Crippen LogP contribution in [0.3, 0.4) is 0 Å². The number of aryl methyl sites for hydroxylation is 2. The van der Waals surface area contributed by atoms with Crippen LogP contribution < -0.4 is 5.56 Å². The molecule has 0 bridgehead atoms. The fourth-order valence-electron chi connectivity index (χ4n) is 3.26. The molecule has 142 valence electrons. The van der Waals surface area contributed by atoms with Crippen LogP contribution in [0.4, 0.5) is 13.2 Å². The topological polar surface area (TPSA) is 72.8 Å². The van der Waals surface area contributed by atoms with Crippen molar-refractivity contribution in [3.05, 3.63) is 51.2 Å². The molecular weight excluding hydrogens is 361 g/mol. The molecule has 0 unspecified atom stereocenters. The zero-order valence-electron chi connectivity index (χ0n) is 14.7. The SMILES string of the molecule is Cc1cc(C2(F)CC2)cc(C)c1-n1cc2c(=O)[nH]c(COC(F)F)nc2n1. The molecule has 0 radical (unpaired) electrons. The molecular formula is C18H17F3N4O2. The molecule has 1 saturated carbocycles. The van der Waals surface area contributed by atoms with Crippen molar-refractivity contribution in [2.45, 2.75) is 45.6 Å². The summed E-state index contributed by atoms with van der Waals surface area (Å²) in [5.74, 6) is -0.0325. The number of nitrogens with one attached hydrogen (secondary N) is 1. The van der Waals surface area contributed by atoms with E-state index in [1.54, 1.807) is 12.1 Å². The van der Waals surface area contributed by atoms with Crippen molar-refractivity contribution in [2.24, 2.45) is 0 Å². The number of H-pyrrole nitrogens is 1. The van der Waals surface area contributed by atoms with Gasteiger partial charge in [0.15, 0.2) is 5.65 Å². The van der Waals surface area contributed by atoms with Crippen molar-refractivity contribution in [3.8, 4) is 5.69 Å². The highest BCUT2D eigenvalue weighted by atomic mass is 19.3. The van der Waals surface area contributed by atoms with Gasteiger partial charge in [0.05, 0.1) is 5.69 Å². The standard InChI is InChI=1S/C18H17F3N4O2/c1-9-5-11(18(21)3-4-18)6-10(2)14(9)25-7-12-15(24-25)22-13(23-16(12)26)8-27-17(19)20/h5-7,17H,3-4,8H2,1-2H3,(H,22,23,24,26). The molecule has 6 nitrogen and oxygen atoms in total. The van der Waals surface area contributed by atoms with Crippen molar-refractivity contribution >= 4 is 11.0 Å². The average Bonchev–Trinajstić information content (AvgIpc) is 3.20. The summed E-state index contributed by atoms with van der Waals surface area (Å²) in [6.07, 6.45) is 2.58. The number of fused-ring (bicyclic) bond motifs is 1. The molecule has 1 N–H and O–H groups in total. The van der Waals surface area contributed by atoms with Gasteiger partial charge in [-0.3, -0.25) is 4.79 Å². The van der Waals surface area contributed by atoms with E-state index >= 15 is 0 Å². The summed E-state index contributed by atoms with van der Waals surface area (Å²) < 4.78 is 44.4. The number of aromatic amines is 1. The van der Waals surface area contributed by atoms with Crippen molar-refractivity contribution < 1.29 is 17.9 Å². The van der Waals surface area contributed by atoms with Gasteiger partial charge in [0, 0.05) is 6.20 Å². The Kier molecular flexibility index (Phi) is 4.06. The predicted octanol–water partition coefficient (Wildman–Crippen LogP) is 3.42. The summed E-state index contributed by atoms with van der Waals surface area (Å²) in [5.41, 5.74) is 1.41. The van der Waals surface area contributed by atoms with E-state index in [4.69, 9.17) is 0 Å². The van der Waals surface area contributed by atoms with Crippen molar-refractivity contribution in [3.63, 3.8) is 0 Å². The number of aromatic nitrogens is 4. The Morgan fingerprint density at radius 2 is 1.96 bits per heavy atom. The lowest BCUT2D eigenvalue weighted by Crippen LogP contribution is -2.13. The molecule has 3 aromatic rings.